The summed E-state index contributed by atoms with van der Waals surface area (Å²) in [5, 5.41) is 9.73. The molecule has 0 heterocycles. The molecule has 0 amide bonds. The smallest absolute Gasteiger partial charge is 0.120 e. The Balaban J connectivity index is 2.78. The number of carbonyl (C=O) groups is 1. The van der Waals surface area contributed by atoms with Crippen molar-refractivity contribution >= 4 is 6.29 Å². The molecular weight excluding hydrogens is 200 g/mol. The molecule has 1 aromatic carbocycles. The van der Waals surface area contributed by atoms with Crippen molar-refractivity contribution in [2.75, 3.05) is 0 Å². The van der Waals surface area contributed by atoms with E-state index in [1.165, 1.54) is 11.1 Å². The summed E-state index contributed by atoms with van der Waals surface area (Å²) in [5.41, 5.74) is 2.88. The zero-order valence-corrected chi connectivity index (χ0v) is 10.3. The van der Waals surface area contributed by atoms with Gasteiger partial charge in [-0.25, -0.2) is 0 Å². The number of aryl methyl sites for hydroxylation is 2. The van der Waals surface area contributed by atoms with Crippen molar-refractivity contribution < 1.29 is 9.90 Å². The third-order valence-electron chi connectivity index (χ3n) is 2.58. The molecular formula is C14H20O2. The van der Waals surface area contributed by atoms with Gasteiger partial charge in [0.05, 0.1) is 5.60 Å². The maximum absolute atomic E-state index is 10.3. The van der Waals surface area contributed by atoms with Gasteiger partial charge in [-0.15, -0.1) is 0 Å². The van der Waals surface area contributed by atoms with E-state index < -0.39 is 5.60 Å². The molecule has 0 unspecified atom stereocenters. The van der Waals surface area contributed by atoms with Gasteiger partial charge >= 0.3 is 0 Å². The van der Waals surface area contributed by atoms with Crippen LogP contribution in [0.15, 0.2) is 18.2 Å². The average molecular weight is 220 g/mol. The standard InChI is InChI=1S/C14H20O2/c1-11-9-12(10-14(2,3)16)6-7-13(11)5-4-8-15/h6-9,16H,4-5,10H2,1-3H3. The minimum atomic E-state index is -0.670. The molecule has 0 saturated heterocycles. The van der Waals surface area contributed by atoms with E-state index in [-0.39, 0.29) is 0 Å². The van der Waals surface area contributed by atoms with E-state index >= 15 is 0 Å². The van der Waals surface area contributed by atoms with Gasteiger partial charge in [-0.3, -0.25) is 0 Å². The van der Waals surface area contributed by atoms with Crippen LogP contribution in [-0.2, 0) is 17.6 Å². The molecule has 16 heavy (non-hydrogen) atoms. The fourth-order valence-corrected chi connectivity index (χ4v) is 1.86. The summed E-state index contributed by atoms with van der Waals surface area (Å²) in [4.78, 5) is 10.3. The topological polar surface area (TPSA) is 37.3 Å². The number of benzene rings is 1. The van der Waals surface area contributed by atoms with E-state index in [1.807, 2.05) is 26.8 Å². The van der Waals surface area contributed by atoms with Crippen molar-refractivity contribution in [2.24, 2.45) is 0 Å². The molecule has 1 aromatic rings. The Labute approximate surface area is 97.3 Å². The van der Waals surface area contributed by atoms with Crippen LogP contribution in [0.1, 0.15) is 37.0 Å². The lowest BCUT2D eigenvalue weighted by Crippen LogP contribution is -2.21. The van der Waals surface area contributed by atoms with E-state index in [2.05, 4.69) is 12.1 Å². The number of rotatable bonds is 5. The van der Waals surface area contributed by atoms with E-state index in [0.29, 0.717) is 12.8 Å². The minimum absolute atomic E-state index is 0.575. The zero-order chi connectivity index (χ0) is 12.2. The second-order valence-corrected chi connectivity index (χ2v) is 4.96. The lowest BCUT2D eigenvalue weighted by atomic mass is 9.94. The fraction of sp³-hybridized carbons (Fsp3) is 0.500. The maximum Gasteiger partial charge on any atom is 0.120 e. The van der Waals surface area contributed by atoms with Crippen molar-refractivity contribution in [2.45, 2.75) is 45.6 Å². The first kappa shape index (κ1) is 12.9. The van der Waals surface area contributed by atoms with Crippen LogP contribution in [0.4, 0.5) is 0 Å². The molecule has 0 radical (unpaired) electrons. The van der Waals surface area contributed by atoms with Crippen LogP contribution in [0, 0.1) is 6.92 Å². The quantitative estimate of drug-likeness (QED) is 0.774. The van der Waals surface area contributed by atoms with Crippen molar-refractivity contribution in [1.29, 1.82) is 0 Å². The molecule has 0 saturated carbocycles. The van der Waals surface area contributed by atoms with Crippen LogP contribution < -0.4 is 0 Å². The molecule has 1 N–H and O–H groups in total. The van der Waals surface area contributed by atoms with Crippen molar-refractivity contribution in [3.8, 4) is 0 Å². The molecule has 88 valence electrons. The number of hydrogen-bond acceptors (Lipinski definition) is 2. The van der Waals surface area contributed by atoms with E-state index in [4.69, 9.17) is 0 Å². The molecule has 0 aliphatic rings. The van der Waals surface area contributed by atoms with Crippen LogP contribution >= 0.6 is 0 Å². The van der Waals surface area contributed by atoms with Gasteiger partial charge in [-0.05, 0) is 43.9 Å². The SMILES string of the molecule is Cc1cc(CC(C)(C)O)ccc1CCC=O. The first-order valence-corrected chi connectivity index (χ1v) is 5.67. The summed E-state index contributed by atoms with van der Waals surface area (Å²) >= 11 is 0. The van der Waals surface area contributed by atoms with Crippen LogP contribution in [0.2, 0.25) is 0 Å². The molecule has 0 aliphatic carbocycles. The third kappa shape index (κ3) is 4.15. The first-order valence-electron chi connectivity index (χ1n) is 5.67. The van der Waals surface area contributed by atoms with Gasteiger partial charge in [0.25, 0.3) is 0 Å². The fourth-order valence-electron chi connectivity index (χ4n) is 1.86. The zero-order valence-electron chi connectivity index (χ0n) is 10.3. The minimum Gasteiger partial charge on any atom is -0.390 e. The first-order chi connectivity index (χ1) is 7.42. The van der Waals surface area contributed by atoms with Gasteiger partial charge in [0.15, 0.2) is 0 Å². The summed E-state index contributed by atoms with van der Waals surface area (Å²) < 4.78 is 0. The van der Waals surface area contributed by atoms with Gasteiger partial charge in [0, 0.05) is 12.8 Å². The second kappa shape index (κ2) is 5.26. The Bertz CT molecular complexity index is 361. The van der Waals surface area contributed by atoms with E-state index in [9.17, 15) is 9.90 Å². The number of aldehydes is 1. The molecule has 2 heteroatoms. The van der Waals surface area contributed by atoms with E-state index in [0.717, 1.165) is 18.3 Å². The van der Waals surface area contributed by atoms with Gasteiger partial charge < -0.3 is 9.90 Å². The number of aliphatic hydroxyl groups is 1. The monoisotopic (exact) mass is 220 g/mol. The molecule has 1 rings (SSSR count). The summed E-state index contributed by atoms with van der Waals surface area (Å²) in [7, 11) is 0. The predicted molar refractivity (Wildman–Crippen MR) is 65.6 cm³/mol. The average Bonchev–Trinajstić information content (AvgIpc) is 2.14. The second-order valence-electron chi connectivity index (χ2n) is 4.96. The molecule has 0 aliphatic heterocycles. The van der Waals surface area contributed by atoms with Crippen LogP contribution in [0.3, 0.4) is 0 Å². The van der Waals surface area contributed by atoms with Crippen LogP contribution in [0.25, 0.3) is 0 Å². The Morgan fingerprint density at radius 3 is 2.56 bits per heavy atom. The Kier molecular flexibility index (Phi) is 4.25. The Morgan fingerprint density at radius 1 is 1.38 bits per heavy atom. The van der Waals surface area contributed by atoms with Crippen molar-refractivity contribution in [1.82, 2.24) is 0 Å². The molecule has 0 atom stereocenters. The van der Waals surface area contributed by atoms with Crippen LogP contribution in [-0.4, -0.2) is 17.0 Å². The lowest BCUT2D eigenvalue weighted by Gasteiger charge is -2.17. The number of hydrogen-bond donors (Lipinski definition) is 1. The largest absolute Gasteiger partial charge is 0.390 e. The van der Waals surface area contributed by atoms with Crippen molar-refractivity contribution in [3.63, 3.8) is 0 Å². The highest BCUT2D eigenvalue weighted by molar-refractivity contribution is 5.50. The number of carbonyl (C=O) groups excluding carboxylic acids is 1. The Hall–Kier alpha value is -1.15. The van der Waals surface area contributed by atoms with Gasteiger partial charge in [0.1, 0.15) is 6.29 Å². The predicted octanol–water partition coefficient (Wildman–Crippen LogP) is 2.44. The van der Waals surface area contributed by atoms with Gasteiger partial charge in [-0.2, -0.15) is 0 Å². The summed E-state index contributed by atoms with van der Waals surface area (Å²) in [6.45, 7) is 5.67. The molecule has 0 spiro atoms. The summed E-state index contributed by atoms with van der Waals surface area (Å²) in [5.74, 6) is 0. The third-order valence-corrected chi connectivity index (χ3v) is 2.58. The maximum atomic E-state index is 10.3. The van der Waals surface area contributed by atoms with Crippen molar-refractivity contribution in [3.05, 3.63) is 34.9 Å². The Morgan fingerprint density at radius 2 is 2.06 bits per heavy atom. The summed E-state index contributed by atoms with van der Waals surface area (Å²) in [6.07, 6.45) is 2.98. The normalized spacial score (nSPS) is 11.5. The highest BCUT2D eigenvalue weighted by Crippen LogP contribution is 2.17. The van der Waals surface area contributed by atoms with E-state index in [1.54, 1.807) is 0 Å². The molecule has 0 aromatic heterocycles. The molecule has 0 bridgehead atoms. The summed E-state index contributed by atoms with van der Waals surface area (Å²) in [6, 6.07) is 6.18. The highest BCUT2D eigenvalue weighted by Gasteiger charge is 2.13. The molecule has 0 fully saturated rings. The lowest BCUT2D eigenvalue weighted by molar-refractivity contribution is -0.107. The molecule has 2 nitrogen and oxygen atoms in total. The van der Waals surface area contributed by atoms with Crippen LogP contribution in [0.5, 0.6) is 0 Å². The van der Waals surface area contributed by atoms with Gasteiger partial charge in [0.2, 0.25) is 0 Å². The van der Waals surface area contributed by atoms with Gasteiger partial charge in [-0.1, -0.05) is 18.2 Å². The highest BCUT2D eigenvalue weighted by atomic mass is 16.3.